The highest BCUT2D eigenvalue weighted by molar-refractivity contribution is 7.10. The molecule has 0 aliphatic heterocycles. The molecule has 1 unspecified atom stereocenters. The molecule has 1 aliphatic carbocycles. The van der Waals surface area contributed by atoms with E-state index >= 15 is 0 Å². The first-order valence-corrected chi connectivity index (χ1v) is 7.60. The number of thiophene rings is 1. The van der Waals surface area contributed by atoms with Crippen LogP contribution >= 0.6 is 22.9 Å². The summed E-state index contributed by atoms with van der Waals surface area (Å²) in [5, 5.41) is 6.65. The monoisotopic (exact) mass is 277 g/mol. The average molecular weight is 278 g/mol. The molecule has 1 saturated carbocycles. The number of nitrogens with one attached hydrogen (secondary N) is 1. The Hall–Kier alpha value is -0.830. The first-order chi connectivity index (χ1) is 8.83. The number of halogens is 1. The lowest BCUT2D eigenvalue weighted by molar-refractivity contribution is 0.487. The van der Waals surface area contributed by atoms with E-state index in [1.165, 1.54) is 23.3 Å². The van der Waals surface area contributed by atoms with Crippen LogP contribution in [0.1, 0.15) is 29.3 Å². The molecule has 0 radical (unpaired) electrons. The molecule has 1 aliphatic rings. The van der Waals surface area contributed by atoms with E-state index in [0.29, 0.717) is 6.04 Å². The molecule has 0 spiro atoms. The Kier molecular flexibility index (Phi) is 3.69. The second-order valence-corrected chi connectivity index (χ2v) is 6.26. The Morgan fingerprint density at radius 1 is 1.28 bits per heavy atom. The fraction of sp³-hybridized carbons (Fsp3) is 0.333. The third-order valence-electron chi connectivity index (χ3n) is 3.36. The molecule has 0 bridgehead atoms. The summed E-state index contributed by atoms with van der Waals surface area (Å²) in [6, 6.07) is 13.0. The van der Waals surface area contributed by atoms with Gasteiger partial charge in [0, 0.05) is 22.5 Å². The smallest absolute Gasteiger partial charge is 0.0446 e. The standard InChI is InChI=1S/C15H16ClNS/c16-13-4-1-3-11(9-13)10-17-15(12-6-7-12)14-5-2-8-18-14/h1-5,8-9,12,15,17H,6-7,10H2. The number of benzene rings is 1. The summed E-state index contributed by atoms with van der Waals surface area (Å²) in [6.07, 6.45) is 2.70. The van der Waals surface area contributed by atoms with Gasteiger partial charge in [-0.25, -0.2) is 0 Å². The van der Waals surface area contributed by atoms with Gasteiger partial charge in [-0.15, -0.1) is 11.3 Å². The molecule has 18 heavy (non-hydrogen) atoms. The Morgan fingerprint density at radius 2 is 2.17 bits per heavy atom. The molecule has 94 valence electrons. The van der Waals surface area contributed by atoms with Gasteiger partial charge < -0.3 is 5.32 Å². The normalized spacial score (nSPS) is 16.7. The Bertz CT molecular complexity index is 505. The van der Waals surface area contributed by atoms with Crippen molar-refractivity contribution in [3.63, 3.8) is 0 Å². The summed E-state index contributed by atoms with van der Waals surface area (Å²) in [6.45, 7) is 0.889. The molecule has 2 aromatic rings. The van der Waals surface area contributed by atoms with E-state index in [4.69, 9.17) is 11.6 Å². The highest BCUT2D eigenvalue weighted by atomic mass is 35.5. The molecular formula is C15H16ClNS. The summed E-state index contributed by atoms with van der Waals surface area (Å²) >= 11 is 7.86. The molecule has 1 aromatic heterocycles. The molecule has 3 rings (SSSR count). The Labute approximate surface area is 117 Å². The zero-order valence-electron chi connectivity index (χ0n) is 10.1. The minimum atomic E-state index is 0.518. The van der Waals surface area contributed by atoms with Gasteiger partial charge >= 0.3 is 0 Å². The predicted molar refractivity (Wildman–Crippen MR) is 78.1 cm³/mol. The first kappa shape index (κ1) is 12.2. The molecular weight excluding hydrogens is 262 g/mol. The van der Waals surface area contributed by atoms with Crippen LogP contribution in [0.15, 0.2) is 41.8 Å². The maximum Gasteiger partial charge on any atom is 0.0446 e. The van der Waals surface area contributed by atoms with E-state index in [1.807, 2.05) is 29.5 Å². The third kappa shape index (κ3) is 2.94. The summed E-state index contributed by atoms with van der Waals surface area (Å²) < 4.78 is 0. The highest BCUT2D eigenvalue weighted by Gasteiger charge is 2.32. The molecule has 1 aromatic carbocycles. The van der Waals surface area contributed by atoms with Crippen LogP contribution in [0.5, 0.6) is 0 Å². The van der Waals surface area contributed by atoms with Crippen LogP contribution in [0.3, 0.4) is 0 Å². The topological polar surface area (TPSA) is 12.0 Å². The molecule has 1 N–H and O–H groups in total. The maximum atomic E-state index is 6.01. The van der Waals surface area contributed by atoms with Gasteiger partial charge in [0.25, 0.3) is 0 Å². The fourth-order valence-corrected chi connectivity index (χ4v) is 3.38. The van der Waals surface area contributed by atoms with Crippen LogP contribution in [0.25, 0.3) is 0 Å². The lowest BCUT2D eigenvalue weighted by Crippen LogP contribution is -2.21. The minimum Gasteiger partial charge on any atom is -0.305 e. The molecule has 1 heterocycles. The van der Waals surface area contributed by atoms with Gasteiger partial charge in [-0.2, -0.15) is 0 Å². The molecule has 0 saturated heterocycles. The van der Waals surface area contributed by atoms with E-state index in [9.17, 15) is 0 Å². The van der Waals surface area contributed by atoms with E-state index in [-0.39, 0.29) is 0 Å². The predicted octanol–water partition coefficient (Wildman–Crippen LogP) is 4.64. The zero-order valence-corrected chi connectivity index (χ0v) is 11.7. The van der Waals surface area contributed by atoms with Crippen molar-refractivity contribution < 1.29 is 0 Å². The van der Waals surface area contributed by atoms with Crippen molar-refractivity contribution in [2.75, 3.05) is 0 Å². The van der Waals surface area contributed by atoms with Crippen LogP contribution in [0, 0.1) is 5.92 Å². The largest absolute Gasteiger partial charge is 0.305 e. The number of hydrogen-bond donors (Lipinski definition) is 1. The summed E-state index contributed by atoms with van der Waals surface area (Å²) in [5.41, 5.74) is 1.25. The molecule has 0 amide bonds. The summed E-state index contributed by atoms with van der Waals surface area (Å²) in [5.74, 6) is 0.822. The molecule has 1 atom stereocenters. The highest BCUT2D eigenvalue weighted by Crippen LogP contribution is 2.42. The van der Waals surface area contributed by atoms with E-state index < -0.39 is 0 Å². The van der Waals surface area contributed by atoms with Crippen molar-refractivity contribution >= 4 is 22.9 Å². The lowest BCUT2D eigenvalue weighted by Gasteiger charge is -2.17. The van der Waals surface area contributed by atoms with Crippen molar-refractivity contribution in [3.8, 4) is 0 Å². The zero-order chi connectivity index (χ0) is 12.4. The van der Waals surface area contributed by atoms with E-state index in [1.54, 1.807) is 0 Å². The molecule has 3 heteroatoms. The molecule has 1 fully saturated rings. The van der Waals surface area contributed by atoms with Gasteiger partial charge in [0.1, 0.15) is 0 Å². The van der Waals surface area contributed by atoms with Crippen molar-refractivity contribution in [3.05, 3.63) is 57.2 Å². The van der Waals surface area contributed by atoms with Crippen molar-refractivity contribution in [2.45, 2.75) is 25.4 Å². The van der Waals surface area contributed by atoms with Gasteiger partial charge in [0.15, 0.2) is 0 Å². The van der Waals surface area contributed by atoms with Crippen LogP contribution < -0.4 is 5.32 Å². The van der Waals surface area contributed by atoms with E-state index in [0.717, 1.165) is 17.5 Å². The van der Waals surface area contributed by atoms with Gasteiger partial charge in [-0.1, -0.05) is 29.8 Å². The van der Waals surface area contributed by atoms with Gasteiger partial charge in [-0.3, -0.25) is 0 Å². The summed E-state index contributed by atoms with van der Waals surface area (Å²) in [4.78, 5) is 1.46. The van der Waals surface area contributed by atoms with Crippen molar-refractivity contribution in [2.24, 2.45) is 5.92 Å². The van der Waals surface area contributed by atoms with Crippen molar-refractivity contribution in [1.82, 2.24) is 5.32 Å². The van der Waals surface area contributed by atoms with Crippen LogP contribution in [0.2, 0.25) is 5.02 Å². The number of rotatable bonds is 5. The third-order valence-corrected chi connectivity index (χ3v) is 4.55. The maximum absolute atomic E-state index is 6.01. The Morgan fingerprint density at radius 3 is 2.83 bits per heavy atom. The quantitative estimate of drug-likeness (QED) is 0.839. The van der Waals surface area contributed by atoms with Crippen LogP contribution in [0.4, 0.5) is 0 Å². The summed E-state index contributed by atoms with van der Waals surface area (Å²) in [7, 11) is 0. The molecule has 1 nitrogen and oxygen atoms in total. The SMILES string of the molecule is Clc1cccc(CNC(c2cccs2)C2CC2)c1. The van der Waals surface area contributed by atoms with Crippen LogP contribution in [-0.2, 0) is 6.54 Å². The van der Waals surface area contributed by atoms with Crippen molar-refractivity contribution in [1.29, 1.82) is 0 Å². The number of hydrogen-bond acceptors (Lipinski definition) is 2. The second-order valence-electron chi connectivity index (χ2n) is 4.84. The average Bonchev–Trinajstić information content (AvgIpc) is 3.05. The Balaban J connectivity index is 1.67. The van der Waals surface area contributed by atoms with Gasteiger partial charge in [0.05, 0.1) is 0 Å². The lowest BCUT2D eigenvalue weighted by atomic mass is 10.1. The van der Waals surface area contributed by atoms with Gasteiger partial charge in [-0.05, 0) is 47.9 Å². The second kappa shape index (κ2) is 5.43. The van der Waals surface area contributed by atoms with E-state index in [2.05, 4.69) is 28.9 Å². The van der Waals surface area contributed by atoms with Crippen LogP contribution in [-0.4, -0.2) is 0 Å². The first-order valence-electron chi connectivity index (χ1n) is 6.34. The fourth-order valence-electron chi connectivity index (χ4n) is 2.27. The van der Waals surface area contributed by atoms with Gasteiger partial charge in [0.2, 0.25) is 0 Å². The minimum absolute atomic E-state index is 0.518.